The molecule has 1 aromatic carbocycles. The Morgan fingerprint density at radius 1 is 0.667 bits per heavy atom. The van der Waals surface area contributed by atoms with Gasteiger partial charge in [-0.25, -0.2) is 4.99 Å². The zero-order valence-corrected chi connectivity index (χ0v) is 11.9. The SMILES string of the molecule is ClC(Cl)=Nc1c(Cl)c(Cl)c(Cl)c(Cl)c1Cl. The van der Waals surface area contributed by atoms with Crippen LogP contribution in [0, 0.1) is 0 Å². The van der Waals surface area contributed by atoms with E-state index in [1.54, 1.807) is 0 Å². The Morgan fingerprint density at radius 2 is 1.00 bits per heavy atom. The fourth-order valence-corrected chi connectivity index (χ4v) is 2.16. The highest BCUT2D eigenvalue weighted by molar-refractivity contribution is 6.95. The van der Waals surface area contributed by atoms with E-state index in [0.29, 0.717) is 0 Å². The minimum atomic E-state index is -0.270. The summed E-state index contributed by atoms with van der Waals surface area (Å²) in [5.74, 6) is 0. The van der Waals surface area contributed by atoms with Crippen molar-refractivity contribution < 1.29 is 0 Å². The van der Waals surface area contributed by atoms with Gasteiger partial charge >= 0.3 is 0 Å². The van der Waals surface area contributed by atoms with E-state index in [9.17, 15) is 0 Å². The number of rotatable bonds is 1. The van der Waals surface area contributed by atoms with Gasteiger partial charge < -0.3 is 0 Å². The summed E-state index contributed by atoms with van der Waals surface area (Å²) in [6.45, 7) is 0. The van der Waals surface area contributed by atoms with Crippen LogP contribution in [0.2, 0.25) is 25.1 Å². The van der Waals surface area contributed by atoms with Crippen LogP contribution in [0.1, 0.15) is 0 Å². The van der Waals surface area contributed by atoms with E-state index in [0.717, 1.165) is 0 Å². The summed E-state index contributed by atoms with van der Waals surface area (Å²) in [4.78, 5) is 3.68. The minimum Gasteiger partial charge on any atom is -0.222 e. The zero-order valence-electron chi connectivity index (χ0n) is 6.59. The van der Waals surface area contributed by atoms with E-state index in [1.165, 1.54) is 0 Å². The van der Waals surface area contributed by atoms with Gasteiger partial charge in [-0.05, 0) is 23.2 Å². The third kappa shape index (κ3) is 2.98. The Kier molecular flexibility index (Phi) is 5.13. The molecule has 15 heavy (non-hydrogen) atoms. The molecule has 1 nitrogen and oxygen atoms in total. The first-order valence-electron chi connectivity index (χ1n) is 3.27. The molecule has 8 heteroatoms. The largest absolute Gasteiger partial charge is 0.222 e. The van der Waals surface area contributed by atoms with Gasteiger partial charge in [0.15, 0.2) is 4.63 Å². The lowest BCUT2D eigenvalue weighted by Crippen LogP contribution is -1.81. The maximum absolute atomic E-state index is 5.84. The Balaban J connectivity index is 3.60. The van der Waals surface area contributed by atoms with Crippen LogP contribution in [0.5, 0.6) is 0 Å². The molecule has 0 heterocycles. The number of nitrogens with zero attached hydrogens (tertiary/aromatic N) is 1. The molecule has 82 valence electrons. The van der Waals surface area contributed by atoms with Crippen LogP contribution in [0.15, 0.2) is 4.99 Å². The third-order valence-electron chi connectivity index (χ3n) is 1.38. The van der Waals surface area contributed by atoms with Gasteiger partial charge in [0, 0.05) is 0 Å². The van der Waals surface area contributed by atoms with Crippen LogP contribution in [-0.4, -0.2) is 4.63 Å². The van der Waals surface area contributed by atoms with Crippen LogP contribution >= 0.6 is 81.2 Å². The van der Waals surface area contributed by atoms with E-state index in [1.807, 2.05) is 0 Å². The monoisotopic (exact) mass is 343 g/mol. The fourth-order valence-electron chi connectivity index (χ4n) is 0.776. The summed E-state index contributed by atoms with van der Waals surface area (Å²) in [7, 11) is 0. The van der Waals surface area contributed by atoms with Crippen LogP contribution < -0.4 is 0 Å². The van der Waals surface area contributed by atoms with Crippen molar-refractivity contribution in [3.63, 3.8) is 0 Å². The highest BCUT2D eigenvalue weighted by Gasteiger charge is 2.19. The summed E-state index contributed by atoms with van der Waals surface area (Å²) < 4.78 is -0.270. The van der Waals surface area contributed by atoms with E-state index in [4.69, 9.17) is 81.2 Å². The second-order valence-electron chi connectivity index (χ2n) is 2.27. The molecule has 0 bridgehead atoms. The smallest absolute Gasteiger partial charge is 0.197 e. The Labute approximate surface area is 121 Å². The number of aliphatic imine (C=N–C) groups is 1. The van der Waals surface area contributed by atoms with Crippen LogP contribution in [0.25, 0.3) is 0 Å². The van der Waals surface area contributed by atoms with Crippen molar-refractivity contribution in [2.75, 3.05) is 0 Å². The molecular formula is C7Cl7N. The van der Waals surface area contributed by atoms with E-state index in [2.05, 4.69) is 4.99 Å². The molecule has 0 unspecified atom stereocenters. The lowest BCUT2D eigenvalue weighted by Gasteiger charge is -2.08. The Bertz CT molecular complexity index is 406. The van der Waals surface area contributed by atoms with Crippen molar-refractivity contribution in [3.8, 4) is 0 Å². The summed E-state index contributed by atoms with van der Waals surface area (Å²) in [6.07, 6.45) is 0. The fraction of sp³-hybridized carbons (Fsp3) is 0. The first-order valence-corrected chi connectivity index (χ1v) is 5.92. The van der Waals surface area contributed by atoms with Gasteiger partial charge in [0.05, 0.1) is 25.1 Å². The molecule has 0 aliphatic rings. The van der Waals surface area contributed by atoms with E-state index in [-0.39, 0.29) is 35.4 Å². The molecule has 1 rings (SSSR count). The average Bonchev–Trinajstić information content (AvgIpc) is 2.18. The molecule has 0 radical (unpaired) electrons. The van der Waals surface area contributed by atoms with Gasteiger partial charge in [-0.1, -0.05) is 58.0 Å². The molecule has 0 saturated carbocycles. The molecule has 0 spiro atoms. The zero-order chi connectivity index (χ0) is 11.7. The maximum Gasteiger partial charge on any atom is 0.197 e. The lowest BCUT2D eigenvalue weighted by molar-refractivity contribution is 1.54. The first kappa shape index (κ1) is 14.0. The molecule has 1 aromatic rings. The number of hydrogen-bond donors (Lipinski definition) is 0. The molecule has 0 amide bonds. The quantitative estimate of drug-likeness (QED) is 0.316. The van der Waals surface area contributed by atoms with Crippen molar-refractivity contribution >= 4 is 91.5 Å². The average molecular weight is 346 g/mol. The summed E-state index contributed by atoms with van der Waals surface area (Å²) >= 11 is 39.7. The van der Waals surface area contributed by atoms with Crippen LogP contribution in [-0.2, 0) is 0 Å². The molecule has 0 fully saturated rings. The highest BCUT2D eigenvalue weighted by atomic mass is 35.5. The van der Waals surface area contributed by atoms with Gasteiger partial charge in [0.25, 0.3) is 0 Å². The normalized spacial score (nSPS) is 10.3. The van der Waals surface area contributed by atoms with Crippen molar-refractivity contribution in [2.24, 2.45) is 4.99 Å². The molecule has 0 N–H and O–H groups in total. The minimum absolute atomic E-state index is 0.0369. The molecule has 0 aromatic heterocycles. The van der Waals surface area contributed by atoms with Gasteiger partial charge in [0.2, 0.25) is 0 Å². The van der Waals surface area contributed by atoms with Gasteiger partial charge in [-0.15, -0.1) is 0 Å². The predicted molar refractivity (Wildman–Crippen MR) is 70.3 cm³/mol. The molecule has 0 atom stereocenters. The van der Waals surface area contributed by atoms with Crippen LogP contribution in [0.3, 0.4) is 0 Å². The van der Waals surface area contributed by atoms with Gasteiger partial charge in [-0.2, -0.15) is 0 Å². The first-order chi connectivity index (χ1) is 6.86. The molecular weight excluding hydrogens is 346 g/mol. The van der Waals surface area contributed by atoms with E-state index >= 15 is 0 Å². The summed E-state index contributed by atoms with van der Waals surface area (Å²) in [5, 5.41) is 0.213. The summed E-state index contributed by atoms with van der Waals surface area (Å²) in [5.41, 5.74) is 0.0812. The predicted octanol–water partition coefficient (Wildman–Crippen LogP) is 6.42. The van der Waals surface area contributed by atoms with E-state index < -0.39 is 0 Å². The lowest BCUT2D eigenvalue weighted by atomic mass is 10.3. The van der Waals surface area contributed by atoms with Crippen molar-refractivity contribution in [1.29, 1.82) is 0 Å². The second-order valence-corrected chi connectivity index (χ2v) is 5.07. The standard InChI is InChI=1S/C7Cl7N/c8-1-2(9)4(11)6(15-7(13)14)5(12)3(1)10. The van der Waals surface area contributed by atoms with Crippen molar-refractivity contribution in [3.05, 3.63) is 25.1 Å². The van der Waals surface area contributed by atoms with Crippen LogP contribution in [0.4, 0.5) is 5.69 Å². The number of benzene rings is 1. The number of halogens is 7. The molecule has 0 aliphatic carbocycles. The molecule has 0 aliphatic heterocycles. The van der Waals surface area contributed by atoms with Crippen molar-refractivity contribution in [1.82, 2.24) is 0 Å². The van der Waals surface area contributed by atoms with Gasteiger partial charge in [0.1, 0.15) is 5.69 Å². The maximum atomic E-state index is 5.84. The topological polar surface area (TPSA) is 12.4 Å². The number of hydrogen-bond acceptors (Lipinski definition) is 1. The highest BCUT2D eigenvalue weighted by Crippen LogP contribution is 2.48. The molecule has 0 saturated heterocycles. The van der Waals surface area contributed by atoms with Crippen molar-refractivity contribution in [2.45, 2.75) is 0 Å². The van der Waals surface area contributed by atoms with Gasteiger partial charge in [-0.3, -0.25) is 0 Å². The second kappa shape index (κ2) is 5.50. The Morgan fingerprint density at radius 3 is 1.33 bits per heavy atom. The summed E-state index contributed by atoms with van der Waals surface area (Å²) in [6, 6.07) is 0. The third-order valence-corrected chi connectivity index (χ3v) is 3.81. The Hall–Kier alpha value is 0.920.